The minimum absolute atomic E-state index is 0.152. The van der Waals surface area contributed by atoms with Crippen molar-refractivity contribution in [3.8, 4) is 5.75 Å². The van der Waals surface area contributed by atoms with Crippen LogP contribution < -0.4 is 4.74 Å². The lowest BCUT2D eigenvalue weighted by Crippen LogP contribution is -2.11. The summed E-state index contributed by atoms with van der Waals surface area (Å²) in [5.41, 5.74) is 4.04. The van der Waals surface area contributed by atoms with E-state index in [0.29, 0.717) is 6.42 Å². The van der Waals surface area contributed by atoms with Gasteiger partial charge in [0.25, 0.3) is 0 Å². The van der Waals surface area contributed by atoms with E-state index < -0.39 is 0 Å². The number of benzene rings is 1. The van der Waals surface area contributed by atoms with Gasteiger partial charge in [-0.3, -0.25) is 4.79 Å². The number of ketones is 1. The van der Waals surface area contributed by atoms with Crippen LogP contribution in [0.15, 0.2) is 6.07 Å². The molecule has 1 aromatic carbocycles. The number of aryl methyl sites for hydroxylation is 1. The largest absolute Gasteiger partial charge is 0.491 e. The third-order valence-corrected chi connectivity index (χ3v) is 3.17. The van der Waals surface area contributed by atoms with Gasteiger partial charge in [0.15, 0.2) is 5.78 Å². The van der Waals surface area contributed by atoms with Crippen molar-refractivity contribution in [1.29, 1.82) is 0 Å². The summed E-state index contributed by atoms with van der Waals surface area (Å²) in [4.78, 5) is 12.1. The van der Waals surface area contributed by atoms with Crippen molar-refractivity contribution >= 4 is 5.78 Å². The maximum absolute atomic E-state index is 12.1. The smallest absolute Gasteiger partial charge is 0.163 e. The van der Waals surface area contributed by atoms with Crippen LogP contribution in [0.5, 0.6) is 5.75 Å². The molecule has 0 aliphatic heterocycles. The summed E-state index contributed by atoms with van der Waals surface area (Å²) in [7, 11) is 0. The first-order valence-electron chi connectivity index (χ1n) is 6.69. The summed E-state index contributed by atoms with van der Waals surface area (Å²) >= 11 is 0. The highest BCUT2D eigenvalue weighted by Crippen LogP contribution is 2.29. The summed E-state index contributed by atoms with van der Waals surface area (Å²) < 4.78 is 5.79. The second-order valence-electron chi connectivity index (χ2n) is 5.16. The van der Waals surface area contributed by atoms with E-state index in [1.54, 1.807) is 0 Å². The van der Waals surface area contributed by atoms with Gasteiger partial charge in [0.05, 0.1) is 6.10 Å². The maximum atomic E-state index is 12.1. The van der Waals surface area contributed by atoms with Crippen LogP contribution in [-0.2, 0) is 0 Å². The number of rotatable bonds is 5. The number of ether oxygens (including phenoxy) is 1. The molecule has 0 aliphatic carbocycles. The topological polar surface area (TPSA) is 26.3 Å². The molecule has 0 amide bonds. The van der Waals surface area contributed by atoms with Crippen molar-refractivity contribution in [2.75, 3.05) is 0 Å². The van der Waals surface area contributed by atoms with Crippen molar-refractivity contribution in [2.24, 2.45) is 0 Å². The van der Waals surface area contributed by atoms with Gasteiger partial charge in [-0.25, -0.2) is 0 Å². The van der Waals surface area contributed by atoms with Crippen LogP contribution in [0.25, 0.3) is 0 Å². The van der Waals surface area contributed by atoms with Crippen molar-refractivity contribution in [1.82, 2.24) is 0 Å². The molecule has 0 saturated heterocycles. The summed E-state index contributed by atoms with van der Waals surface area (Å²) in [5.74, 6) is 1.14. The summed E-state index contributed by atoms with van der Waals surface area (Å²) in [6.45, 7) is 12.1. The van der Waals surface area contributed by atoms with Crippen LogP contribution in [0.1, 0.15) is 60.7 Å². The van der Waals surface area contributed by atoms with Crippen LogP contribution in [0, 0.1) is 20.8 Å². The molecule has 2 heteroatoms. The average Bonchev–Trinajstić information content (AvgIpc) is 2.25. The first kappa shape index (κ1) is 14.7. The SMILES string of the molecule is CCCC(=O)c1c(C)cc(OC(C)C)c(C)c1C. The minimum Gasteiger partial charge on any atom is -0.491 e. The zero-order valence-electron chi connectivity index (χ0n) is 12.4. The molecule has 2 nitrogen and oxygen atoms in total. The summed E-state index contributed by atoms with van der Waals surface area (Å²) in [6, 6.07) is 1.99. The molecule has 0 bridgehead atoms. The Balaban J connectivity index is 3.24. The van der Waals surface area contributed by atoms with E-state index in [2.05, 4.69) is 0 Å². The molecule has 1 aromatic rings. The number of Topliss-reactive ketones (excluding diaryl/α,β-unsaturated/α-hetero) is 1. The molecule has 0 unspecified atom stereocenters. The molecule has 0 spiro atoms. The summed E-state index contributed by atoms with van der Waals surface area (Å²) in [5, 5.41) is 0. The Morgan fingerprint density at radius 2 is 1.83 bits per heavy atom. The molecular weight excluding hydrogens is 224 g/mol. The highest BCUT2D eigenvalue weighted by Gasteiger charge is 2.16. The third kappa shape index (κ3) is 3.12. The van der Waals surface area contributed by atoms with Crippen LogP contribution in [0.4, 0.5) is 0 Å². The van der Waals surface area contributed by atoms with E-state index in [4.69, 9.17) is 4.74 Å². The predicted molar refractivity (Wildman–Crippen MR) is 75.7 cm³/mol. The predicted octanol–water partition coefficient (Wildman–Crippen LogP) is 4.38. The Kier molecular flexibility index (Phi) is 4.94. The van der Waals surface area contributed by atoms with Crippen molar-refractivity contribution in [3.63, 3.8) is 0 Å². The van der Waals surface area contributed by atoms with E-state index in [9.17, 15) is 4.79 Å². The van der Waals surface area contributed by atoms with Crippen molar-refractivity contribution < 1.29 is 9.53 Å². The number of hydrogen-bond donors (Lipinski definition) is 0. The van der Waals surface area contributed by atoms with Crippen LogP contribution >= 0.6 is 0 Å². The standard InChI is InChI=1S/C16H24O2/c1-7-8-14(17)16-11(4)9-15(18-10(2)3)12(5)13(16)6/h9-10H,7-8H2,1-6H3. The van der Waals surface area contributed by atoms with Crippen molar-refractivity contribution in [2.45, 2.75) is 60.5 Å². The fourth-order valence-corrected chi connectivity index (χ4v) is 2.20. The molecule has 0 N–H and O–H groups in total. The summed E-state index contributed by atoms with van der Waals surface area (Å²) in [6.07, 6.45) is 1.66. The third-order valence-electron chi connectivity index (χ3n) is 3.17. The van der Waals surface area contributed by atoms with Gasteiger partial charge in [0.2, 0.25) is 0 Å². The van der Waals surface area contributed by atoms with E-state index in [1.807, 2.05) is 47.6 Å². The lowest BCUT2D eigenvalue weighted by Gasteiger charge is -2.18. The van der Waals surface area contributed by atoms with Crippen LogP contribution in [0.3, 0.4) is 0 Å². The molecule has 0 fully saturated rings. The van der Waals surface area contributed by atoms with Gasteiger partial charge >= 0.3 is 0 Å². The zero-order valence-corrected chi connectivity index (χ0v) is 12.4. The average molecular weight is 248 g/mol. The van der Waals surface area contributed by atoms with Crippen molar-refractivity contribution in [3.05, 3.63) is 28.3 Å². The van der Waals surface area contributed by atoms with Gasteiger partial charge in [-0.2, -0.15) is 0 Å². The number of carbonyl (C=O) groups is 1. The molecular formula is C16H24O2. The Hall–Kier alpha value is -1.31. The molecule has 100 valence electrons. The second-order valence-corrected chi connectivity index (χ2v) is 5.16. The van der Waals surface area contributed by atoms with E-state index in [-0.39, 0.29) is 11.9 Å². The fourth-order valence-electron chi connectivity index (χ4n) is 2.20. The number of carbonyl (C=O) groups excluding carboxylic acids is 1. The van der Waals surface area contributed by atoms with E-state index >= 15 is 0 Å². The maximum Gasteiger partial charge on any atom is 0.163 e. The molecule has 0 aliphatic rings. The molecule has 0 saturated carbocycles. The molecule has 0 radical (unpaired) electrons. The van der Waals surface area contributed by atoms with Gasteiger partial charge in [0.1, 0.15) is 5.75 Å². The quantitative estimate of drug-likeness (QED) is 0.723. The van der Waals surface area contributed by atoms with Crippen LogP contribution in [0.2, 0.25) is 0 Å². The Morgan fingerprint density at radius 1 is 1.22 bits per heavy atom. The lowest BCUT2D eigenvalue weighted by molar-refractivity contribution is 0.0980. The van der Waals surface area contributed by atoms with Gasteiger partial charge in [-0.05, 0) is 63.8 Å². The molecule has 0 aromatic heterocycles. The normalized spacial score (nSPS) is 10.8. The van der Waals surface area contributed by atoms with Crippen LogP contribution in [-0.4, -0.2) is 11.9 Å². The highest BCUT2D eigenvalue weighted by atomic mass is 16.5. The Bertz CT molecular complexity index is 445. The van der Waals surface area contributed by atoms with Gasteiger partial charge < -0.3 is 4.74 Å². The highest BCUT2D eigenvalue weighted by molar-refractivity contribution is 5.99. The molecule has 0 heterocycles. The minimum atomic E-state index is 0.152. The first-order valence-corrected chi connectivity index (χ1v) is 6.69. The fraction of sp³-hybridized carbons (Fsp3) is 0.562. The Labute approximate surface area is 110 Å². The molecule has 18 heavy (non-hydrogen) atoms. The number of hydrogen-bond acceptors (Lipinski definition) is 2. The second kappa shape index (κ2) is 6.03. The first-order chi connectivity index (χ1) is 8.38. The van der Waals surface area contributed by atoms with Gasteiger partial charge in [-0.1, -0.05) is 6.92 Å². The molecule has 0 atom stereocenters. The monoisotopic (exact) mass is 248 g/mol. The molecule has 1 rings (SSSR count). The zero-order chi connectivity index (χ0) is 13.9. The Morgan fingerprint density at radius 3 is 2.33 bits per heavy atom. The van der Waals surface area contributed by atoms with E-state index in [1.165, 1.54) is 0 Å². The van der Waals surface area contributed by atoms with Gasteiger partial charge in [0, 0.05) is 12.0 Å². The van der Waals surface area contributed by atoms with Gasteiger partial charge in [-0.15, -0.1) is 0 Å². The van der Waals surface area contributed by atoms with E-state index in [0.717, 1.165) is 34.4 Å². The lowest BCUT2D eigenvalue weighted by atomic mass is 9.93.